The van der Waals surface area contributed by atoms with Crippen molar-refractivity contribution in [3.05, 3.63) is 66.2 Å². The predicted molar refractivity (Wildman–Crippen MR) is 100 cm³/mol. The lowest BCUT2D eigenvalue weighted by molar-refractivity contribution is 0.333. The van der Waals surface area contributed by atoms with Gasteiger partial charge in [0.15, 0.2) is 0 Å². The molecular weight excluding hydrogens is 334 g/mol. The zero-order valence-electron chi connectivity index (χ0n) is 14.4. The first-order chi connectivity index (χ1) is 12.1. The number of nitrogens with zero attached hydrogens (tertiary/aromatic N) is 1. The van der Waals surface area contributed by atoms with Gasteiger partial charge in [-0.1, -0.05) is 55.0 Å². The third-order valence-corrected chi connectivity index (χ3v) is 6.45. The molecule has 1 heterocycles. The van der Waals surface area contributed by atoms with Crippen molar-refractivity contribution < 1.29 is 13.2 Å². The lowest BCUT2D eigenvalue weighted by Crippen LogP contribution is -2.37. The highest BCUT2D eigenvalue weighted by Crippen LogP contribution is 2.27. The van der Waals surface area contributed by atoms with Crippen molar-refractivity contribution in [2.24, 2.45) is 0 Å². The van der Waals surface area contributed by atoms with Crippen LogP contribution < -0.4 is 4.74 Å². The van der Waals surface area contributed by atoms with Crippen molar-refractivity contribution >= 4 is 10.0 Å². The maximum absolute atomic E-state index is 12.8. The molecule has 1 aliphatic heterocycles. The van der Waals surface area contributed by atoms with Crippen LogP contribution in [0.2, 0.25) is 0 Å². The Morgan fingerprint density at radius 3 is 2.36 bits per heavy atom. The highest BCUT2D eigenvalue weighted by Gasteiger charge is 2.28. The standard InChI is InChI=1S/C20H25NO3S/c22-25(23,16-15-24-20-12-5-2-6-13-20)21-14-8-7-11-19(17-21)18-9-3-1-4-10-18/h1-6,9-10,12-13,19H,7-8,11,14-17H2. The third kappa shape index (κ3) is 5.06. The van der Waals surface area contributed by atoms with Crippen LogP contribution in [-0.4, -0.2) is 38.2 Å². The Morgan fingerprint density at radius 2 is 1.64 bits per heavy atom. The summed E-state index contributed by atoms with van der Waals surface area (Å²) in [5, 5.41) is 0. The molecule has 25 heavy (non-hydrogen) atoms. The van der Waals surface area contributed by atoms with Gasteiger partial charge in [-0.2, -0.15) is 0 Å². The maximum atomic E-state index is 12.8. The number of benzene rings is 2. The molecule has 0 saturated carbocycles. The molecule has 1 atom stereocenters. The fraction of sp³-hybridized carbons (Fsp3) is 0.400. The van der Waals surface area contributed by atoms with Gasteiger partial charge in [-0.15, -0.1) is 0 Å². The number of para-hydroxylation sites is 1. The van der Waals surface area contributed by atoms with Gasteiger partial charge in [0.05, 0.1) is 5.75 Å². The van der Waals surface area contributed by atoms with E-state index in [0.29, 0.717) is 18.8 Å². The molecule has 2 aromatic rings. The molecule has 134 valence electrons. The van der Waals surface area contributed by atoms with Gasteiger partial charge < -0.3 is 4.74 Å². The summed E-state index contributed by atoms with van der Waals surface area (Å²) in [5.74, 6) is 0.993. The van der Waals surface area contributed by atoms with Crippen LogP contribution in [0, 0.1) is 0 Å². The average molecular weight is 359 g/mol. The average Bonchev–Trinajstić information content (AvgIpc) is 2.90. The molecular formula is C20H25NO3S. The molecule has 1 unspecified atom stereocenters. The quantitative estimate of drug-likeness (QED) is 0.791. The monoisotopic (exact) mass is 359 g/mol. The van der Waals surface area contributed by atoms with E-state index in [0.717, 1.165) is 19.3 Å². The van der Waals surface area contributed by atoms with Gasteiger partial charge in [0, 0.05) is 13.1 Å². The molecule has 0 N–H and O–H groups in total. The van der Waals surface area contributed by atoms with Gasteiger partial charge >= 0.3 is 0 Å². The highest BCUT2D eigenvalue weighted by molar-refractivity contribution is 7.89. The molecule has 1 fully saturated rings. The Labute approximate surface area is 150 Å². The van der Waals surface area contributed by atoms with Crippen LogP contribution in [0.4, 0.5) is 0 Å². The maximum Gasteiger partial charge on any atom is 0.217 e. The number of rotatable bonds is 6. The first-order valence-electron chi connectivity index (χ1n) is 8.86. The van der Waals surface area contributed by atoms with Gasteiger partial charge in [0.25, 0.3) is 0 Å². The van der Waals surface area contributed by atoms with Crippen LogP contribution in [0.5, 0.6) is 5.75 Å². The zero-order valence-corrected chi connectivity index (χ0v) is 15.2. The van der Waals surface area contributed by atoms with Crippen molar-refractivity contribution in [2.45, 2.75) is 25.2 Å². The summed E-state index contributed by atoms with van der Waals surface area (Å²) in [6.45, 7) is 1.35. The molecule has 0 aliphatic carbocycles. The first-order valence-corrected chi connectivity index (χ1v) is 10.5. The van der Waals surface area contributed by atoms with E-state index in [1.807, 2.05) is 48.5 Å². The normalized spacial score (nSPS) is 19.3. The van der Waals surface area contributed by atoms with Crippen LogP contribution in [0.25, 0.3) is 0 Å². The summed E-state index contributed by atoms with van der Waals surface area (Å²) in [6.07, 6.45) is 3.02. The predicted octanol–water partition coefficient (Wildman–Crippen LogP) is 3.66. The van der Waals surface area contributed by atoms with Crippen LogP contribution in [-0.2, 0) is 10.0 Å². The fourth-order valence-corrected chi connectivity index (χ4v) is 4.63. The van der Waals surface area contributed by atoms with E-state index in [4.69, 9.17) is 4.74 Å². The van der Waals surface area contributed by atoms with Crippen LogP contribution in [0.15, 0.2) is 60.7 Å². The Morgan fingerprint density at radius 1 is 0.960 bits per heavy atom. The Bertz CT molecular complexity index is 747. The number of sulfonamides is 1. The van der Waals surface area contributed by atoms with Gasteiger partial charge in [-0.25, -0.2) is 12.7 Å². The molecule has 2 aromatic carbocycles. The fourth-order valence-electron chi connectivity index (χ4n) is 3.27. The largest absolute Gasteiger partial charge is 0.492 e. The van der Waals surface area contributed by atoms with E-state index in [1.165, 1.54) is 5.56 Å². The van der Waals surface area contributed by atoms with E-state index in [-0.39, 0.29) is 18.3 Å². The summed E-state index contributed by atoms with van der Waals surface area (Å²) in [5.41, 5.74) is 1.23. The number of hydrogen-bond acceptors (Lipinski definition) is 3. The van der Waals surface area contributed by atoms with Crippen LogP contribution >= 0.6 is 0 Å². The summed E-state index contributed by atoms with van der Waals surface area (Å²) in [4.78, 5) is 0. The minimum absolute atomic E-state index is 0.0173. The van der Waals surface area contributed by atoms with Gasteiger partial charge in [-0.3, -0.25) is 0 Å². The van der Waals surface area contributed by atoms with E-state index in [2.05, 4.69) is 12.1 Å². The second-order valence-corrected chi connectivity index (χ2v) is 8.53. The lowest BCUT2D eigenvalue weighted by atomic mass is 9.95. The van der Waals surface area contributed by atoms with Crippen molar-refractivity contribution in [3.63, 3.8) is 0 Å². The molecule has 1 aliphatic rings. The minimum atomic E-state index is -3.31. The van der Waals surface area contributed by atoms with E-state index >= 15 is 0 Å². The molecule has 0 bridgehead atoms. The molecule has 0 radical (unpaired) electrons. The highest BCUT2D eigenvalue weighted by atomic mass is 32.2. The zero-order chi connectivity index (χ0) is 17.5. The molecule has 0 spiro atoms. The molecule has 5 heteroatoms. The Balaban J connectivity index is 1.61. The van der Waals surface area contributed by atoms with Gasteiger partial charge in [0.2, 0.25) is 10.0 Å². The van der Waals surface area contributed by atoms with Crippen molar-refractivity contribution in [2.75, 3.05) is 25.4 Å². The smallest absolute Gasteiger partial charge is 0.217 e. The summed E-state index contributed by atoms with van der Waals surface area (Å²) >= 11 is 0. The van der Waals surface area contributed by atoms with Gasteiger partial charge in [-0.05, 0) is 36.5 Å². The van der Waals surface area contributed by atoms with Crippen molar-refractivity contribution in [3.8, 4) is 5.75 Å². The van der Waals surface area contributed by atoms with Crippen molar-refractivity contribution in [1.82, 2.24) is 4.31 Å². The number of ether oxygens (including phenoxy) is 1. The molecule has 4 nitrogen and oxygen atoms in total. The van der Waals surface area contributed by atoms with E-state index in [9.17, 15) is 8.42 Å². The Kier molecular flexibility index (Phi) is 6.10. The SMILES string of the molecule is O=S(=O)(CCOc1ccccc1)N1CCCCC(c2ccccc2)C1. The summed E-state index contributed by atoms with van der Waals surface area (Å²) < 4.78 is 32.7. The topological polar surface area (TPSA) is 46.6 Å². The number of hydrogen-bond donors (Lipinski definition) is 0. The van der Waals surface area contributed by atoms with Crippen LogP contribution in [0.1, 0.15) is 30.7 Å². The molecule has 1 saturated heterocycles. The Hall–Kier alpha value is -1.85. The van der Waals surface area contributed by atoms with Crippen LogP contribution in [0.3, 0.4) is 0 Å². The molecule has 3 rings (SSSR count). The first kappa shape index (κ1) is 18.0. The lowest BCUT2D eigenvalue weighted by Gasteiger charge is -2.24. The second kappa shape index (κ2) is 8.50. The summed E-state index contributed by atoms with van der Waals surface area (Å²) in [6, 6.07) is 19.6. The summed E-state index contributed by atoms with van der Waals surface area (Å²) in [7, 11) is -3.31. The molecule has 0 aromatic heterocycles. The van der Waals surface area contributed by atoms with Gasteiger partial charge in [0.1, 0.15) is 12.4 Å². The minimum Gasteiger partial charge on any atom is -0.492 e. The van der Waals surface area contributed by atoms with E-state index in [1.54, 1.807) is 4.31 Å². The van der Waals surface area contributed by atoms with Crippen molar-refractivity contribution in [1.29, 1.82) is 0 Å². The van der Waals surface area contributed by atoms with E-state index < -0.39 is 10.0 Å². The molecule has 0 amide bonds. The second-order valence-electron chi connectivity index (χ2n) is 6.44. The third-order valence-electron chi connectivity index (χ3n) is 4.65.